The number of amides is 1. The molecular weight excluding hydrogens is 462 g/mol. The summed E-state index contributed by atoms with van der Waals surface area (Å²) in [6, 6.07) is 4.30. The second-order valence-electron chi connectivity index (χ2n) is 8.14. The zero-order chi connectivity index (χ0) is 25.0. The standard InChI is InChI=1S/C23H29N3O7S/c1-14-21(16(3)27)15(2)24-22(14)23(29)33-13-20(28)25-17-8-9-18(32-4)19(12-17)34(30,31)26-10-6-5-7-11-26/h8-9,12,24H,5-7,10-11,13H2,1-4H3,(H,25,28). The number of carbonyl (C=O) groups is 3. The van der Waals surface area contributed by atoms with Crippen molar-refractivity contribution in [3.63, 3.8) is 0 Å². The molecule has 2 heterocycles. The van der Waals surface area contributed by atoms with Crippen LogP contribution in [0.15, 0.2) is 23.1 Å². The van der Waals surface area contributed by atoms with Crippen molar-refractivity contribution in [3.05, 3.63) is 40.7 Å². The van der Waals surface area contributed by atoms with Crippen LogP contribution in [0.5, 0.6) is 5.75 Å². The molecule has 1 aliphatic heterocycles. The quantitative estimate of drug-likeness (QED) is 0.428. The number of aromatic amines is 1. The van der Waals surface area contributed by atoms with E-state index in [9.17, 15) is 22.8 Å². The zero-order valence-corrected chi connectivity index (χ0v) is 20.5. The molecule has 1 aromatic carbocycles. The van der Waals surface area contributed by atoms with Crippen molar-refractivity contribution in [2.45, 2.75) is 44.9 Å². The Hall–Kier alpha value is -3.18. The normalized spacial score (nSPS) is 14.5. The summed E-state index contributed by atoms with van der Waals surface area (Å²) >= 11 is 0. The lowest BCUT2D eigenvalue weighted by Crippen LogP contribution is -2.35. The number of carbonyl (C=O) groups excluding carboxylic acids is 3. The van der Waals surface area contributed by atoms with Gasteiger partial charge in [-0.25, -0.2) is 13.2 Å². The maximum atomic E-state index is 13.1. The number of esters is 1. The summed E-state index contributed by atoms with van der Waals surface area (Å²) in [5, 5.41) is 2.55. The van der Waals surface area contributed by atoms with Crippen LogP contribution < -0.4 is 10.1 Å². The molecule has 0 saturated carbocycles. The molecule has 1 amide bonds. The lowest BCUT2D eigenvalue weighted by molar-refractivity contribution is -0.119. The first-order valence-corrected chi connectivity index (χ1v) is 12.4. The number of nitrogens with one attached hydrogen (secondary N) is 2. The molecule has 3 rings (SSSR count). The van der Waals surface area contributed by atoms with Gasteiger partial charge in [-0.1, -0.05) is 6.42 Å². The van der Waals surface area contributed by atoms with Gasteiger partial charge in [-0.3, -0.25) is 9.59 Å². The molecule has 0 bridgehead atoms. The third-order valence-electron chi connectivity index (χ3n) is 5.71. The van der Waals surface area contributed by atoms with Crippen LogP contribution in [-0.4, -0.2) is 62.2 Å². The van der Waals surface area contributed by atoms with E-state index in [0.29, 0.717) is 29.9 Å². The summed E-state index contributed by atoms with van der Waals surface area (Å²) in [4.78, 5) is 39.3. The number of sulfonamides is 1. The number of rotatable bonds is 8. The smallest absolute Gasteiger partial charge is 0.355 e. The fraction of sp³-hybridized carbons (Fsp3) is 0.435. The first-order chi connectivity index (χ1) is 16.1. The summed E-state index contributed by atoms with van der Waals surface area (Å²) in [5.41, 5.74) is 1.75. The molecule has 0 unspecified atom stereocenters. The maximum Gasteiger partial charge on any atom is 0.355 e. The number of Topliss-reactive ketones (excluding diaryl/α,β-unsaturated/α-hetero) is 1. The Morgan fingerprint density at radius 3 is 2.38 bits per heavy atom. The van der Waals surface area contributed by atoms with Crippen molar-refractivity contribution < 1.29 is 32.3 Å². The highest BCUT2D eigenvalue weighted by atomic mass is 32.2. The number of aryl methyl sites for hydroxylation is 1. The van der Waals surface area contributed by atoms with E-state index in [2.05, 4.69) is 10.3 Å². The SMILES string of the molecule is COc1ccc(NC(=O)COC(=O)c2[nH]c(C)c(C(C)=O)c2C)cc1S(=O)(=O)N1CCCCC1. The van der Waals surface area contributed by atoms with Crippen molar-refractivity contribution in [3.8, 4) is 5.75 Å². The number of aromatic nitrogens is 1. The molecule has 11 heteroatoms. The number of hydrogen-bond donors (Lipinski definition) is 2. The third kappa shape index (κ3) is 5.31. The van der Waals surface area contributed by atoms with Crippen LogP contribution in [0.1, 0.15) is 58.3 Å². The number of hydrogen-bond acceptors (Lipinski definition) is 7. The van der Waals surface area contributed by atoms with E-state index in [0.717, 1.165) is 19.3 Å². The highest BCUT2D eigenvalue weighted by Gasteiger charge is 2.29. The Balaban J connectivity index is 1.71. The van der Waals surface area contributed by atoms with E-state index in [4.69, 9.17) is 9.47 Å². The van der Waals surface area contributed by atoms with Gasteiger partial charge in [-0.15, -0.1) is 0 Å². The molecule has 1 aromatic heterocycles. The number of piperidine rings is 1. The van der Waals surface area contributed by atoms with Crippen LogP contribution in [0.25, 0.3) is 0 Å². The summed E-state index contributed by atoms with van der Waals surface area (Å²) in [6.45, 7) is 4.97. The van der Waals surface area contributed by atoms with Gasteiger partial charge in [0.2, 0.25) is 10.0 Å². The third-order valence-corrected chi connectivity index (χ3v) is 7.63. The van der Waals surface area contributed by atoms with Crippen LogP contribution in [0.2, 0.25) is 0 Å². The van der Waals surface area contributed by atoms with Crippen LogP contribution in [-0.2, 0) is 19.6 Å². The number of nitrogens with zero attached hydrogens (tertiary/aromatic N) is 1. The Kier molecular flexibility index (Phi) is 7.78. The minimum absolute atomic E-state index is 0.0408. The number of anilines is 1. The van der Waals surface area contributed by atoms with Gasteiger partial charge in [0.05, 0.1) is 7.11 Å². The topological polar surface area (TPSA) is 135 Å². The number of H-pyrrole nitrogens is 1. The number of benzene rings is 1. The lowest BCUT2D eigenvalue weighted by Gasteiger charge is -2.26. The van der Waals surface area contributed by atoms with E-state index in [-0.39, 0.29) is 27.8 Å². The summed E-state index contributed by atoms with van der Waals surface area (Å²) in [6.07, 6.45) is 2.56. The predicted octanol–water partition coefficient (Wildman–Crippen LogP) is 2.81. The molecule has 1 aliphatic rings. The van der Waals surface area contributed by atoms with Gasteiger partial charge in [-0.05, 0) is 57.4 Å². The molecule has 1 fully saturated rings. The largest absolute Gasteiger partial charge is 0.495 e. The van der Waals surface area contributed by atoms with Gasteiger partial charge < -0.3 is 19.8 Å². The van der Waals surface area contributed by atoms with Gasteiger partial charge in [0.1, 0.15) is 16.3 Å². The average Bonchev–Trinajstić information content (AvgIpc) is 3.12. The minimum Gasteiger partial charge on any atom is -0.495 e. The lowest BCUT2D eigenvalue weighted by atomic mass is 10.1. The van der Waals surface area contributed by atoms with Crippen molar-refractivity contribution in [2.24, 2.45) is 0 Å². The molecule has 1 saturated heterocycles. The molecule has 10 nitrogen and oxygen atoms in total. The molecule has 0 atom stereocenters. The molecule has 2 aromatic rings. The molecule has 184 valence electrons. The van der Waals surface area contributed by atoms with Gasteiger partial charge in [0, 0.05) is 30.0 Å². The van der Waals surface area contributed by atoms with E-state index < -0.39 is 28.5 Å². The fourth-order valence-electron chi connectivity index (χ4n) is 4.08. The van der Waals surface area contributed by atoms with Crippen LogP contribution in [0.4, 0.5) is 5.69 Å². The van der Waals surface area contributed by atoms with Crippen molar-refractivity contribution in [1.29, 1.82) is 0 Å². The first-order valence-electron chi connectivity index (χ1n) is 10.9. The fourth-order valence-corrected chi connectivity index (χ4v) is 5.78. The van der Waals surface area contributed by atoms with E-state index in [1.54, 1.807) is 13.8 Å². The second-order valence-corrected chi connectivity index (χ2v) is 10.0. The Bertz CT molecular complexity index is 1210. The number of ketones is 1. The van der Waals surface area contributed by atoms with Crippen molar-refractivity contribution in [2.75, 3.05) is 32.1 Å². The highest BCUT2D eigenvalue weighted by Crippen LogP contribution is 2.31. The molecule has 0 aliphatic carbocycles. The molecule has 2 N–H and O–H groups in total. The number of ether oxygens (including phenoxy) is 2. The predicted molar refractivity (Wildman–Crippen MR) is 125 cm³/mol. The molecule has 0 spiro atoms. The number of methoxy groups -OCH3 is 1. The maximum absolute atomic E-state index is 13.1. The molecule has 34 heavy (non-hydrogen) atoms. The summed E-state index contributed by atoms with van der Waals surface area (Å²) in [7, 11) is -2.42. The molecular formula is C23H29N3O7S. The molecule has 0 radical (unpaired) electrons. The van der Waals surface area contributed by atoms with E-state index in [1.807, 2.05) is 0 Å². The monoisotopic (exact) mass is 491 g/mol. The van der Waals surface area contributed by atoms with Crippen LogP contribution in [0.3, 0.4) is 0 Å². The zero-order valence-electron chi connectivity index (χ0n) is 19.7. The average molecular weight is 492 g/mol. The van der Waals surface area contributed by atoms with E-state index in [1.165, 1.54) is 36.5 Å². The van der Waals surface area contributed by atoms with Crippen LogP contribution in [0, 0.1) is 13.8 Å². The van der Waals surface area contributed by atoms with Gasteiger partial charge in [-0.2, -0.15) is 4.31 Å². The van der Waals surface area contributed by atoms with Crippen LogP contribution >= 0.6 is 0 Å². The Labute approximate surface area is 198 Å². The summed E-state index contributed by atoms with van der Waals surface area (Å²) < 4.78 is 38.0. The van der Waals surface area contributed by atoms with E-state index >= 15 is 0 Å². The van der Waals surface area contributed by atoms with Gasteiger partial charge in [0.15, 0.2) is 12.4 Å². The van der Waals surface area contributed by atoms with Crippen molar-refractivity contribution >= 4 is 33.4 Å². The first kappa shape index (κ1) is 25.4. The highest BCUT2D eigenvalue weighted by molar-refractivity contribution is 7.89. The summed E-state index contributed by atoms with van der Waals surface area (Å²) in [5.74, 6) is -1.43. The second kappa shape index (κ2) is 10.4. The van der Waals surface area contributed by atoms with Gasteiger partial charge >= 0.3 is 5.97 Å². The van der Waals surface area contributed by atoms with Gasteiger partial charge in [0.25, 0.3) is 5.91 Å². The Morgan fingerprint density at radius 2 is 1.79 bits per heavy atom. The Morgan fingerprint density at radius 1 is 1.12 bits per heavy atom. The van der Waals surface area contributed by atoms with Crippen molar-refractivity contribution in [1.82, 2.24) is 9.29 Å². The minimum atomic E-state index is -3.80.